The van der Waals surface area contributed by atoms with Crippen LogP contribution in [0.2, 0.25) is 0 Å². The first-order chi connectivity index (χ1) is 7.77. The second-order valence-electron chi connectivity index (χ2n) is 3.03. The van der Waals surface area contributed by atoms with Crippen LogP contribution < -0.4 is 4.74 Å². The SMILES string of the molecule is CCOc1cc([N+](=O)[O-])c(O)c(C(F)(F)F)c1. The Morgan fingerprint density at radius 1 is 1.47 bits per heavy atom. The van der Waals surface area contributed by atoms with E-state index in [1.54, 1.807) is 0 Å². The average Bonchev–Trinajstić information content (AvgIpc) is 2.18. The number of aromatic hydroxyl groups is 1. The van der Waals surface area contributed by atoms with Crippen LogP contribution in [-0.4, -0.2) is 16.6 Å². The van der Waals surface area contributed by atoms with Crippen molar-refractivity contribution in [1.82, 2.24) is 0 Å². The number of nitro groups is 1. The minimum Gasteiger partial charge on any atom is -0.502 e. The van der Waals surface area contributed by atoms with Crippen molar-refractivity contribution in [2.45, 2.75) is 13.1 Å². The van der Waals surface area contributed by atoms with Crippen LogP contribution in [0.25, 0.3) is 0 Å². The summed E-state index contributed by atoms with van der Waals surface area (Å²) in [7, 11) is 0. The van der Waals surface area contributed by atoms with E-state index >= 15 is 0 Å². The average molecular weight is 251 g/mol. The van der Waals surface area contributed by atoms with Gasteiger partial charge in [-0.1, -0.05) is 0 Å². The molecule has 0 bridgehead atoms. The Bertz CT molecular complexity index is 445. The predicted molar refractivity (Wildman–Crippen MR) is 50.9 cm³/mol. The van der Waals surface area contributed by atoms with Gasteiger partial charge in [0.05, 0.1) is 17.6 Å². The number of nitrogens with zero attached hydrogens (tertiary/aromatic N) is 1. The molecule has 1 N–H and O–H groups in total. The fourth-order valence-corrected chi connectivity index (χ4v) is 1.20. The lowest BCUT2D eigenvalue weighted by Gasteiger charge is -2.11. The molecule has 94 valence electrons. The Kier molecular flexibility index (Phi) is 3.45. The highest BCUT2D eigenvalue weighted by molar-refractivity contribution is 5.56. The lowest BCUT2D eigenvalue weighted by atomic mass is 10.1. The summed E-state index contributed by atoms with van der Waals surface area (Å²) in [4.78, 5) is 9.38. The molecule has 0 atom stereocenters. The first-order valence-corrected chi connectivity index (χ1v) is 4.48. The van der Waals surface area contributed by atoms with E-state index in [1.165, 1.54) is 6.92 Å². The second-order valence-corrected chi connectivity index (χ2v) is 3.03. The minimum atomic E-state index is -4.89. The zero-order valence-corrected chi connectivity index (χ0v) is 8.61. The first-order valence-electron chi connectivity index (χ1n) is 4.48. The molecule has 8 heteroatoms. The van der Waals surface area contributed by atoms with E-state index in [2.05, 4.69) is 0 Å². The monoisotopic (exact) mass is 251 g/mol. The molecule has 5 nitrogen and oxygen atoms in total. The van der Waals surface area contributed by atoms with Gasteiger partial charge in [-0.2, -0.15) is 13.2 Å². The lowest BCUT2D eigenvalue weighted by Crippen LogP contribution is -2.07. The molecule has 0 unspecified atom stereocenters. The smallest absolute Gasteiger partial charge is 0.420 e. The van der Waals surface area contributed by atoms with E-state index in [0.717, 1.165) is 6.07 Å². The minimum absolute atomic E-state index is 0.0548. The molecule has 0 aliphatic heterocycles. The van der Waals surface area contributed by atoms with Gasteiger partial charge in [0.1, 0.15) is 11.3 Å². The summed E-state index contributed by atoms with van der Waals surface area (Å²) in [6.45, 7) is 1.57. The highest BCUT2D eigenvalue weighted by atomic mass is 19.4. The van der Waals surface area contributed by atoms with Crippen molar-refractivity contribution >= 4 is 5.69 Å². The van der Waals surface area contributed by atoms with Gasteiger partial charge in [0.15, 0.2) is 0 Å². The zero-order chi connectivity index (χ0) is 13.2. The lowest BCUT2D eigenvalue weighted by molar-refractivity contribution is -0.386. The summed E-state index contributed by atoms with van der Waals surface area (Å²) in [5.74, 6) is -1.73. The van der Waals surface area contributed by atoms with E-state index in [-0.39, 0.29) is 12.4 Å². The third kappa shape index (κ3) is 2.77. The molecule has 17 heavy (non-hydrogen) atoms. The highest BCUT2D eigenvalue weighted by Crippen LogP contribution is 2.43. The number of halogens is 3. The van der Waals surface area contributed by atoms with Crippen LogP contribution in [0, 0.1) is 10.1 Å². The van der Waals surface area contributed by atoms with Crippen LogP contribution in [0.1, 0.15) is 12.5 Å². The number of benzene rings is 1. The number of hydrogen-bond acceptors (Lipinski definition) is 4. The molecular weight excluding hydrogens is 243 g/mol. The van der Waals surface area contributed by atoms with Gasteiger partial charge in [-0.05, 0) is 13.0 Å². The van der Waals surface area contributed by atoms with E-state index in [9.17, 15) is 28.4 Å². The number of nitro benzene ring substituents is 1. The van der Waals surface area contributed by atoms with Crippen molar-refractivity contribution in [1.29, 1.82) is 0 Å². The normalized spacial score (nSPS) is 11.3. The zero-order valence-electron chi connectivity index (χ0n) is 8.61. The summed E-state index contributed by atoms with van der Waals surface area (Å²) in [6.07, 6.45) is -4.89. The predicted octanol–water partition coefficient (Wildman–Crippen LogP) is 2.72. The number of ether oxygens (including phenoxy) is 1. The Labute approximate surface area is 93.6 Å². The van der Waals surface area contributed by atoms with Gasteiger partial charge in [-0.3, -0.25) is 10.1 Å². The van der Waals surface area contributed by atoms with Crippen molar-refractivity contribution in [2.24, 2.45) is 0 Å². The van der Waals surface area contributed by atoms with E-state index in [4.69, 9.17) is 4.74 Å². The fraction of sp³-hybridized carbons (Fsp3) is 0.333. The van der Waals surface area contributed by atoms with E-state index < -0.39 is 28.1 Å². The van der Waals surface area contributed by atoms with Crippen LogP contribution >= 0.6 is 0 Å². The summed E-state index contributed by atoms with van der Waals surface area (Å²) < 4.78 is 42.2. The van der Waals surface area contributed by atoms with Crippen molar-refractivity contribution in [3.05, 3.63) is 27.8 Å². The molecule has 0 aliphatic rings. The molecule has 0 aliphatic carbocycles. The Balaban J connectivity index is 3.43. The number of alkyl halides is 3. The van der Waals surface area contributed by atoms with Crippen molar-refractivity contribution in [3.63, 3.8) is 0 Å². The van der Waals surface area contributed by atoms with Crippen LogP contribution in [0.4, 0.5) is 18.9 Å². The van der Waals surface area contributed by atoms with Crippen molar-refractivity contribution < 1.29 is 27.9 Å². The van der Waals surface area contributed by atoms with E-state index in [0.29, 0.717) is 6.07 Å². The molecule has 0 saturated heterocycles. The maximum Gasteiger partial charge on any atom is 0.420 e. The largest absolute Gasteiger partial charge is 0.502 e. The van der Waals surface area contributed by atoms with Gasteiger partial charge in [-0.15, -0.1) is 0 Å². The van der Waals surface area contributed by atoms with Crippen LogP contribution in [-0.2, 0) is 6.18 Å². The molecule has 0 saturated carbocycles. The maximum atomic E-state index is 12.5. The molecule has 1 aromatic rings. The van der Waals surface area contributed by atoms with Crippen molar-refractivity contribution in [2.75, 3.05) is 6.61 Å². The first kappa shape index (κ1) is 13.1. The van der Waals surface area contributed by atoms with Gasteiger partial charge in [0, 0.05) is 0 Å². The third-order valence-electron chi connectivity index (χ3n) is 1.88. The number of phenolic OH excluding ortho intramolecular Hbond substituents is 1. The molecule has 0 fully saturated rings. The number of phenols is 1. The molecule has 0 radical (unpaired) electrons. The molecular formula is C9H8F3NO4. The highest BCUT2D eigenvalue weighted by Gasteiger charge is 2.38. The molecule has 0 heterocycles. The van der Waals surface area contributed by atoms with Crippen LogP contribution in [0.5, 0.6) is 11.5 Å². The summed E-state index contributed by atoms with van der Waals surface area (Å²) in [5.41, 5.74) is -2.53. The summed E-state index contributed by atoms with van der Waals surface area (Å²) >= 11 is 0. The Morgan fingerprint density at radius 3 is 2.47 bits per heavy atom. The number of hydrogen-bond donors (Lipinski definition) is 1. The Hall–Kier alpha value is -1.99. The molecule has 0 aromatic heterocycles. The van der Waals surface area contributed by atoms with Gasteiger partial charge in [-0.25, -0.2) is 0 Å². The van der Waals surface area contributed by atoms with E-state index in [1.807, 2.05) is 0 Å². The van der Waals surface area contributed by atoms with Crippen LogP contribution in [0.3, 0.4) is 0 Å². The molecule has 1 aromatic carbocycles. The summed E-state index contributed by atoms with van der Waals surface area (Å²) in [6, 6.07) is 1.26. The van der Waals surface area contributed by atoms with Gasteiger partial charge >= 0.3 is 11.9 Å². The van der Waals surface area contributed by atoms with Crippen LogP contribution in [0.15, 0.2) is 12.1 Å². The van der Waals surface area contributed by atoms with Gasteiger partial charge in [0.2, 0.25) is 5.75 Å². The molecule has 0 amide bonds. The van der Waals surface area contributed by atoms with Crippen molar-refractivity contribution in [3.8, 4) is 11.5 Å². The standard InChI is InChI=1S/C9H8F3NO4/c1-2-17-5-3-6(9(10,11)12)8(14)7(4-5)13(15)16/h3-4,14H,2H2,1H3. The Morgan fingerprint density at radius 2 is 2.06 bits per heavy atom. The summed E-state index contributed by atoms with van der Waals surface area (Å²) in [5, 5.41) is 19.7. The fourth-order valence-electron chi connectivity index (χ4n) is 1.20. The third-order valence-corrected chi connectivity index (χ3v) is 1.88. The number of rotatable bonds is 3. The van der Waals surface area contributed by atoms with Gasteiger partial charge in [0.25, 0.3) is 0 Å². The van der Waals surface area contributed by atoms with Gasteiger partial charge < -0.3 is 9.84 Å². The topological polar surface area (TPSA) is 72.6 Å². The second kappa shape index (κ2) is 4.48. The maximum absolute atomic E-state index is 12.5. The molecule has 1 rings (SSSR count). The quantitative estimate of drug-likeness (QED) is 0.662. The molecule has 0 spiro atoms.